The van der Waals surface area contributed by atoms with Crippen LogP contribution in [0.25, 0.3) is 0 Å². The van der Waals surface area contributed by atoms with E-state index < -0.39 is 0 Å². The fraction of sp³-hybridized carbons (Fsp3) is 0.526. The molecular formula is C19H25N3O4. The number of likely N-dealkylation sites (tertiary alicyclic amines) is 1. The molecule has 0 atom stereocenters. The van der Waals surface area contributed by atoms with Crippen molar-refractivity contribution in [1.29, 1.82) is 0 Å². The average molecular weight is 359 g/mol. The van der Waals surface area contributed by atoms with Crippen LogP contribution in [0.4, 0.5) is 0 Å². The van der Waals surface area contributed by atoms with Crippen LogP contribution < -0.4 is 5.32 Å². The first-order valence-electron chi connectivity index (χ1n) is 9.09. The largest absolute Gasteiger partial charge is 0.379 e. The number of benzene rings is 1. The topological polar surface area (TPSA) is 79.0 Å². The molecule has 0 radical (unpaired) electrons. The van der Waals surface area contributed by atoms with Gasteiger partial charge >= 0.3 is 0 Å². The summed E-state index contributed by atoms with van der Waals surface area (Å²) in [5.74, 6) is -0.521. The summed E-state index contributed by atoms with van der Waals surface area (Å²) < 4.78 is 5.35. The Balaban J connectivity index is 1.39. The highest BCUT2D eigenvalue weighted by Crippen LogP contribution is 2.12. The predicted octanol–water partition coefficient (Wildman–Crippen LogP) is 0.674. The maximum absolute atomic E-state index is 11.9. The van der Waals surface area contributed by atoms with Crippen molar-refractivity contribution in [2.24, 2.45) is 0 Å². The summed E-state index contributed by atoms with van der Waals surface area (Å²) in [6.45, 7) is 5.02. The molecule has 3 rings (SSSR count). The first kappa shape index (κ1) is 18.5. The number of hydrogen-bond acceptors (Lipinski definition) is 5. The van der Waals surface area contributed by atoms with Gasteiger partial charge in [0.2, 0.25) is 17.7 Å². The number of hydrogen-bond donors (Lipinski definition) is 1. The van der Waals surface area contributed by atoms with Gasteiger partial charge < -0.3 is 10.1 Å². The molecule has 2 saturated heterocycles. The van der Waals surface area contributed by atoms with Gasteiger partial charge in [-0.3, -0.25) is 24.2 Å². The number of rotatable bonds is 7. The third kappa shape index (κ3) is 5.12. The minimum Gasteiger partial charge on any atom is -0.379 e. The Morgan fingerprint density at radius 2 is 1.62 bits per heavy atom. The molecule has 7 heteroatoms. The van der Waals surface area contributed by atoms with Crippen LogP contribution in [0.5, 0.6) is 0 Å². The Bertz CT molecular complexity index is 637. The van der Waals surface area contributed by atoms with Crippen LogP contribution in [0.15, 0.2) is 24.3 Å². The average Bonchev–Trinajstić information content (AvgIpc) is 2.98. The zero-order chi connectivity index (χ0) is 18.4. The monoisotopic (exact) mass is 359 g/mol. The van der Waals surface area contributed by atoms with Gasteiger partial charge in [-0.2, -0.15) is 0 Å². The quantitative estimate of drug-likeness (QED) is 0.724. The third-order valence-electron chi connectivity index (χ3n) is 4.74. The molecule has 26 heavy (non-hydrogen) atoms. The maximum Gasteiger partial charge on any atom is 0.229 e. The maximum atomic E-state index is 11.9. The number of carbonyl (C=O) groups excluding carboxylic acids is 3. The molecule has 0 aromatic heterocycles. The Hall–Kier alpha value is -2.25. The molecule has 2 aliphatic rings. The number of amides is 3. The lowest BCUT2D eigenvalue weighted by Crippen LogP contribution is -2.35. The normalized spacial score (nSPS) is 18.4. The van der Waals surface area contributed by atoms with Crippen molar-refractivity contribution in [3.05, 3.63) is 35.4 Å². The minimum absolute atomic E-state index is 0.145. The van der Waals surface area contributed by atoms with Gasteiger partial charge in [-0.15, -0.1) is 0 Å². The molecule has 1 N–H and O–H groups in total. The number of morpholine rings is 1. The van der Waals surface area contributed by atoms with E-state index >= 15 is 0 Å². The van der Waals surface area contributed by atoms with Crippen LogP contribution in [0.2, 0.25) is 0 Å². The van der Waals surface area contributed by atoms with E-state index in [-0.39, 0.29) is 43.5 Å². The van der Waals surface area contributed by atoms with Gasteiger partial charge in [0.05, 0.1) is 13.2 Å². The summed E-state index contributed by atoms with van der Waals surface area (Å²) in [6, 6.07) is 8.20. The molecule has 0 aliphatic carbocycles. The standard InChI is InChI=1S/C19H25N3O4/c23-17(7-8-22-18(24)5-6-19(22)25)20-13-15-1-3-16(4-2-15)14-21-9-11-26-12-10-21/h1-4H,5-14H2,(H,20,23). The molecule has 1 aromatic carbocycles. The second-order valence-corrected chi connectivity index (χ2v) is 6.67. The fourth-order valence-electron chi connectivity index (χ4n) is 3.15. The van der Waals surface area contributed by atoms with E-state index in [9.17, 15) is 14.4 Å². The van der Waals surface area contributed by atoms with E-state index in [1.165, 1.54) is 10.5 Å². The molecule has 3 amide bonds. The van der Waals surface area contributed by atoms with E-state index in [0.717, 1.165) is 38.4 Å². The van der Waals surface area contributed by atoms with Crippen molar-refractivity contribution in [1.82, 2.24) is 15.1 Å². The van der Waals surface area contributed by atoms with E-state index in [1.807, 2.05) is 12.1 Å². The van der Waals surface area contributed by atoms with Gasteiger partial charge in [-0.1, -0.05) is 24.3 Å². The zero-order valence-corrected chi connectivity index (χ0v) is 14.9. The summed E-state index contributed by atoms with van der Waals surface area (Å²) in [6.07, 6.45) is 0.668. The molecule has 0 saturated carbocycles. The molecule has 0 spiro atoms. The molecule has 2 aliphatic heterocycles. The Kier molecular flexibility index (Phi) is 6.35. The molecule has 2 heterocycles. The molecule has 2 fully saturated rings. The second kappa shape index (κ2) is 8.91. The first-order valence-corrected chi connectivity index (χ1v) is 9.09. The van der Waals surface area contributed by atoms with Crippen molar-refractivity contribution in [3.8, 4) is 0 Å². The fourth-order valence-corrected chi connectivity index (χ4v) is 3.15. The molecule has 7 nitrogen and oxygen atoms in total. The number of nitrogens with one attached hydrogen (secondary N) is 1. The van der Waals surface area contributed by atoms with Gasteiger partial charge in [0.15, 0.2) is 0 Å². The summed E-state index contributed by atoms with van der Waals surface area (Å²) in [7, 11) is 0. The Morgan fingerprint density at radius 3 is 2.27 bits per heavy atom. The number of imide groups is 1. The summed E-state index contributed by atoms with van der Waals surface area (Å²) in [5, 5.41) is 2.84. The Labute approximate surface area is 153 Å². The Morgan fingerprint density at radius 1 is 1.00 bits per heavy atom. The third-order valence-corrected chi connectivity index (χ3v) is 4.74. The zero-order valence-electron chi connectivity index (χ0n) is 14.9. The number of nitrogens with zero attached hydrogens (tertiary/aromatic N) is 2. The van der Waals surface area contributed by atoms with Gasteiger partial charge in [0.25, 0.3) is 0 Å². The summed E-state index contributed by atoms with van der Waals surface area (Å²) in [5.41, 5.74) is 2.27. The number of carbonyl (C=O) groups is 3. The van der Waals surface area contributed by atoms with Gasteiger partial charge in [0.1, 0.15) is 0 Å². The SMILES string of the molecule is O=C(CCN1C(=O)CCC1=O)NCc1ccc(CN2CCOCC2)cc1. The highest BCUT2D eigenvalue weighted by molar-refractivity contribution is 6.02. The highest BCUT2D eigenvalue weighted by atomic mass is 16.5. The second-order valence-electron chi connectivity index (χ2n) is 6.67. The molecular weight excluding hydrogens is 334 g/mol. The van der Waals surface area contributed by atoms with Gasteiger partial charge in [0, 0.05) is 52.0 Å². The van der Waals surface area contributed by atoms with Crippen molar-refractivity contribution in [3.63, 3.8) is 0 Å². The van der Waals surface area contributed by atoms with Crippen LogP contribution in [0, 0.1) is 0 Å². The van der Waals surface area contributed by atoms with Crippen molar-refractivity contribution < 1.29 is 19.1 Å². The molecule has 0 bridgehead atoms. The molecule has 0 unspecified atom stereocenters. The molecule has 1 aromatic rings. The lowest BCUT2D eigenvalue weighted by atomic mass is 10.1. The highest BCUT2D eigenvalue weighted by Gasteiger charge is 2.28. The summed E-state index contributed by atoms with van der Waals surface area (Å²) >= 11 is 0. The van der Waals surface area contributed by atoms with Gasteiger partial charge in [-0.05, 0) is 11.1 Å². The van der Waals surface area contributed by atoms with E-state index in [1.54, 1.807) is 0 Å². The van der Waals surface area contributed by atoms with Gasteiger partial charge in [-0.25, -0.2) is 0 Å². The predicted molar refractivity (Wildman–Crippen MR) is 95.0 cm³/mol. The van der Waals surface area contributed by atoms with Crippen molar-refractivity contribution >= 4 is 17.7 Å². The van der Waals surface area contributed by atoms with Crippen molar-refractivity contribution in [2.45, 2.75) is 32.4 Å². The van der Waals surface area contributed by atoms with E-state index in [0.29, 0.717) is 6.54 Å². The molecule has 140 valence electrons. The van der Waals surface area contributed by atoms with E-state index in [2.05, 4.69) is 22.3 Å². The van der Waals surface area contributed by atoms with Crippen molar-refractivity contribution in [2.75, 3.05) is 32.8 Å². The van der Waals surface area contributed by atoms with Crippen LogP contribution in [0.3, 0.4) is 0 Å². The van der Waals surface area contributed by atoms with Crippen LogP contribution in [-0.4, -0.2) is 60.4 Å². The lowest BCUT2D eigenvalue weighted by molar-refractivity contribution is -0.138. The smallest absolute Gasteiger partial charge is 0.229 e. The summed E-state index contributed by atoms with van der Waals surface area (Å²) in [4.78, 5) is 38.5. The van der Waals surface area contributed by atoms with Crippen LogP contribution >= 0.6 is 0 Å². The minimum atomic E-state index is -0.182. The van der Waals surface area contributed by atoms with E-state index in [4.69, 9.17) is 4.74 Å². The van der Waals surface area contributed by atoms with Crippen LogP contribution in [0.1, 0.15) is 30.4 Å². The number of ether oxygens (including phenoxy) is 1. The lowest BCUT2D eigenvalue weighted by Gasteiger charge is -2.26. The van der Waals surface area contributed by atoms with Crippen LogP contribution in [-0.2, 0) is 32.2 Å². The first-order chi connectivity index (χ1) is 12.6.